The molecule has 0 aliphatic rings. The van der Waals surface area contributed by atoms with Crippen LogP contribution in [0.25, 0.3) is 0 Å². The maximum absolute atomic E-state index is 11.6. The molecule has 1 rings (SSSR count). The summed E-state index contributed by atoms with van der Waals surface area (Å²) in [4.78, 5) is 23.0. The fourth-order valence-corrected chi connectivity index (χ4v) is 1.95. The minimum Gasteiger partial charge on any atom is -0.469 e. The van der Waals surface area contributed by atoms with Crippen molar-refractivity contribution in [3.05, 3.63) is 29.8 Å². The molecular weight excluding hydrogens is 282 g/mol. The summed E-state index contributed by atoms with van der Waals surface area (Å²) in [5.74, 6) is -0.686. The van der Waals surface area contributed by atoms with Crippen LogP contribution < -0.4 is 5.32 Å². The molecule has 0 aliphatic heterocycles. The Hall–Kier alpha value is -2.04. The SMILES string of the molecule is COC(=O)C(C)Cc1ccc(NCC(=O)OC(C)(C)C)cc1. The third kappa shape index (κ3) is 6.61. The van der Waals surface area contributed by atoms with Gasteiger partial charge >= 0.3 is 11.9 Å². The Morgan fingerprint density at radius 2 is 1.77 bits per heavy atom. The standard InChI is InChI=1S/C17H25NO4/c1-12(16(20)21-5)10-13-6-8-14(9-7-13)18-11-15(19)22-17(2,3)4/h6-9,12,18H,10-11H2,1-5H3. The number of carbonyl (C=O) groups is 2. The first-order valence-corrected chi connectivity index (χ1v) is 7.34. The third-order valence-electron chi connectivity index (χ3n) is 2.96. The van der Waals surface area contributed by atoms with Gasteiger partial charge in [-0.3, -0.25) is 9.59 Å². The van der Waals surface area contributed by atoms with Gasteiger partial charge in [0.1, 0.15) is 12.1 Å². The van der Waals surface area contributed by atoms with Crippen molar-refractivity contribution in [2.75, 3.05) is 19.0 Å². The van der Waals surface area contributed by atoms with E-state index in [0.717, 1.165) is 11.3 Å². The molecule has 0 bridgehead atoms. The van der Waals surface area contributed by atoms with E-state index in [0.29, 0.717) is 6.42 Å². The number of hydrogen-bond acceptors (Lipinski definition) is 5. The quantitative estimate of drug-likeness (QED) is 0.819. The molecule has 1 aromatic rings. The van der Waals surface area contributed by atoms with Gasteiger partial charge in [-0.1, -0.05) is 19.1 Å². The summed E-state index contributed by atoms with van der Waals surface area (Å²) in [6.07, 6.45) is 0.624. The van der Waals surface area contributed by atoms with E-state index >= 15 is 0 Å². The summed E-state index contributed by atoms with van der Waals surface area (Å²) >= 11 is 0. The predicted octanol–water partition coefficient (Wildman–Crippen LogP) is 2.79. The van der Waals surface area contributed by atoms with Crippen LogP contribution >= 0.6 is 0 Å². The van der Waals surface area contributed by atoms with Crippen LogP contribution in [0.5, 0.6) is 0 Å². The van der Waals surface area contributed by atoms with Crippen LogP contribution in [-0.4, -0.2) is 31.2 Å². The molecule has 0 saturated carbocycles. The van der Waals surface area contributed by atoms with Gasteiger partial charge in [0.05, 0.1) is 13.0 Å². The van der Waals surface area contributed by atoms with E-state index in [1.54, 1.807) is 0 Å². The van der Waals surface area contributed by atoms with E-state index < -0.39 is 5.60 Å². The summed E-state index contributed by atoms with van der Waals surface area (Å²) in [5, 5.41) is 3.02. The smallest absolute Gasteiger partial charge is 0.325 e. The lowest BCUT2D eigenvalue weighted by Gasteiger charge is -2.19. The van der Waals surface area contributed by atoms with Crippen LogP contribution in [0.2, 0.25) is 0 Å². The number of nitrogens with one attached hydrogen (secondary N) is 1. The largest absolute Gasteiger partial charge is 0.469 e. The second-order valence-corrected chi connectivity index (χ2v) is 6.27. The van der Waals surface area contributed by atoms with Gasteiger partial charge in [-0.25, -0.2) is 0 Å². The average molecular weight is 307 g/mol. The molecule has 5 heteroatoms. The summed E-state index contributed by atoms with van der Waals surface area (Å²) in [7, 11) is 1.39. The molecular formula is C17H25NO4. The molecule has 1 N–H and O–H groups in total. The lowest BCUT2D eigenvalue weighted by Crippen LogP contribution is -2.28. The number of benzene rings is 1. The minimum absolute atomic E-state index is 0.120. The van der Waals surface area contributed by atoms with E-state index in [-0.39, 0.29) is 24.4 Å². The Morgan fingerprint density at radius 3 is 2.27 bits per heavy atom. The number of anilines is 1. The molecule has 0 aromatic heterocycles. The second kappa shape index (κ2) is 7.82. The zero-order valence-electron chi connectivity index (χ0n) is 13.9. The van der Waals surface area contributed by atoms with Gasteiger partial charge in [-0.05, 0) is 44.9 Å². The summed E-state index contributed by atoms with van der Waals surface area (Å²) in [5.41, 5.74) is 1.40. The first-order chi connectivity index (χ1) is 10.2. The van der Waals surface area contributed by atoms with E-state index in [9.17, 15) is 9.59 Å². The Balaban J connectivity index is 2.48. The molecule has 22 heavy (non-hydrogen) atoms. The molecule has 0 fully saturated rings. The molecule has 1 unspecified atom stereocenters. The number of ether oxygens (including phenoxy) is 2. The van der Waals surface area contributed by atoms with Crippen molar-refractivity contribution in [2.45, 2.75) is 39.7 Å². The molecule has 0 radical (unpaired) electrons. The third-order valence-corrected chi connectivity index (χ3v) is 2.96. The van der Waals surface area contributed by atoms with Crippen molar-refractivity contribution in [1.29, 1.82) is 0 Å². The Bertz CT molecular complexity index is 502. The van der Waals surface area contributed by atoms with Gasteiger partial charge in [0.25, 0.3) is 0 Å². The van der Waals surface area contributed by atoms with Crippen molar-refractivity contribution < 1.29 is 19.1 Å². The van der Waals surface area contributed by atoms with Crippen LogP contribution in [0.4, 0.5) is 5.69 Å². The summed E-state index contributed by atoms with van der Waals surface area (Å²) < 4.78 is 9.93. The van der Waals surface area contributed by atoms with Crippen molar-refractivity contribution in [2.24, 2.45) is 5.92 Å². The molecule has 0 heterocycles. The maximum Gasteiger partial charge on any atom is 0.325 e. The van der Waals surface area contributed by atoms with Gasteiger partial charge in [-0.2, -0.15) is 0 Å². The summed E-state index contributed by atoms with van der Waals surface area (Å²) in [6, 6.07) is 7.61. The Labute approximate surface area is 132 Å². The van der Waals surface area contributed by atoms with Crippen LogP contribution in [0.15, 0.2) is 24.3 Å². The lowest BCUT2D eigenvalue weighted by molar-refractivity contribution is -0.152. The van der Waals surface area contributed by atoms with Gasteiger partial charge in [0, 0.05) is 5.69 Å². The average Bonchev–Trinajstić information content (AvgIpc) is 2.43. The highest BCUT2D eigenvalue weighted by atomic mass is 16.6. The predicted molar refractivity (Wildman–Crippen MR) is 85.7 cm³/mol. The van der Waals surface area contributed by atoms with Gasteiger partial charge in [0.2, 0.25) is 0 Å². The fourth-order valence-electron chi connectivity index (χ4n) is 1.95. The van der Waals surface area contributed by atoms with Gasteiger partial charge in [0.15, 0.2) is 0 Å². The number of rotatable bonds is 6. The highest BCUT2D eigenvalue weighted by molar-refractivity contribution is 5.75. The van der Waals surface area contributed by atoms with E-state index in [1.165, 1.54) is 7.11 Å². The molecule has 0 saturated heterocycles. The Morgan fingerprint density at radius 1 is 1.18 bits per heavy atom. The van der Waals surface area contributed by atoms with Gasteiger partial charge in [-0.15, -0.1) is 0 Å². The van der Waals surface area contributed by atoms with Crippen molar-refractivity contribution in [1.82, 2.24) is 0 Å². The molecule has 1 aromatic carbocycles. The summed E-state index contributed by atoms with van der Waals surface area (Å²) in [6.45, 7) is 7.46. The number of hydrogen-bond donors (Lipinski definition) is 1. The molecule has 0 aliphatic carbocycles. The first-order valence-electron chi connectivity index (χ1n) is 7.34. The normalized spacial score (nSPS) is 12.4. The first kappa shape index (κ1) is 18.0. The van der Waals surface area contributed by atoms with Crippen molar-refractivity contribution in [3.8, 4) is 0 Å². The van der Waals surface area contributed by atoms with Crippen LogP contribution in [0.3, 0.4) is 0 Å². The molecule has 1 atom stereocenters. The van der Waals surface area contributed by atoms with Crippen LogP contribution in [0, 0.1) is 5.92 Å². The zero-order valence-corrected chi connectivity index (χ0v) is 13.9. The van der Waals surface area contributed by atoms with Crippen molar-refractivity contribution in [3.63, 3.8) is 0 Å². The van der Waals surface area contributed by atoms with Crippen molar-refractivity contribution >= 4 is 17.6 Å². The Kier molecular flexibility index (Phi) is 6.40. The number of carbonyl (C=O) groups excluding carboxylic acids is 2. The molecule has 5 nitrogen and oxygen atoms in total. The fraction of sp³-hybridized carbons (Fsp3) is 0.529. The zero-order chi connectivity index (χ0) is 16.8. The number of methoxy groups -OCH3 is 1. The van der Waals surface area contributed by atoms with Crippen LogP contribution in [0.1, 0.15) is 33.3 Å². The topological polar surface area (TPSA) is 64.6 Å². The lowest BCUT2D eigenvalue weighted by atomic mass is 10.0. The van der Waals surface area contributed by atoms with Crippen LogP contribution in [-0.2, 0) is 25.5 Å². The second-order valence-electron chi connectivity index (χ2n) is 6.27. The monoisotopic (exact) mass is 307 g/mol. The highest BCUT2D eigenvalue weighted by Crippen LogP contribution is 2.14. The highest BCUT2D eigenvalue weighted by Gasteiger charge is 2.16. The number of esters is 2. The molecule has 0 amide bonds. The molecule has 0 spiro atoms. The van der Waals surface area contributed by atoms with E-state index in [4.69, 9.17) is 9.47 Å². The van der Waals surface area contributed by atoms with E-state index in [2.05, 4.69) is 5.32 Å². The van der Waals surface area contributed by atoms with Gasteiger partial charge < -0.3 is 14.8 Å². The molecule has 122 valence electrons. The maximum atomic E-state index is 11.6. The van der Waals surface area contributed by atoms with E-state index in [1.807, 2.05) is 52.0 Å². The minimum atomic E-state index is -0.480.